The standard InChI is InChI=1S/C14H13BrN2O3/c1-2-20-14(19)9-17-13(18)7-6-12(16-17)10-4-3-5-11(15)8-10/h3-8H,2,9H2,1H3. The van der Waals surface area contributed by atoms with Crippen LogP contribution in [0, 0.1) is 0 Å². The van der Waals surface area contributed by atoms with Crippen molar-refractivity contribution < 1.29 is 9.53 Å². The average Bonchev–Trinajstić information content (AvgIpc) is 2.41. The molecule has 2 rings (SSSR count). The lowest BCUT2D eigenvalue weighted by Gasteiger charge is -2.07. The van der Waals surface area contributed by atoms with Gasteiger partial charge in [0.25, 0.3) is 5.56 Å². The van der Waals surface area contributed by atoms with Crippen LogP contribution < -0.4 is 5.56 Å². The van der Waals surface area contributed by atoms with Crippen molar-refractivity contribution in [1.29, 1.82) is 0 Å². The van der Waals surface area contributed by atoms with Crippen LogP contribution in [-0.4, -0.2) is 22.4 Å². The molecule has 0 fully saturated rings. The quantitative estimate of drug-likeness (QED) is 0.803. The molecule has 20 heavy (non-hydrogen) atoms. The van der Waals surface area contributed by atoms with Crippen LogP contribution in [0.4, 0.5) is 0 Å². The summed E-state index contributed by atoms with van der Waals surface area (Å²) in [6.45, 7) is 1.81. The molecule has 1 aromatic heterocycles. The monoisotopic (exact) mass is 336 g/mol. The lowest BCUT2D eigenvalue weighted by molar-refractivity contribution is -0.144. The topological polar surface area (TPSA) is 61.2 Å². The molecule has 2 aromatic rings. The van der Waals surface area contributed by atoms with E-state index in [0.29, 0.717) is 5.69 Å². The molecule has 0 aliphatic heterocycles. The second-order valence-corrected chi connectivity index (χ2v) is 4.95. The second-order valence-electron chi connectivity index (χ2n) is 4.03. The van der Waals surface area contributed by atoms with E-state index in [1.54, 1.807) is 13.0 Å². The van der Waals surface area contributed by atoms with Crippen molar-refractivity contribution in [3.8, 4) is 11.3 Å². The van der Waals surface area contributed by atoms with Crippen molar-refractivity contribution in [2.45, 2.75) is 13.5 Å². The minimum Gasteiger partial charge on any atom is -0.465 e. The van der Waals surface area contributed by atoms with Gasteiger partial charge in [0.2, 0.25) is 0 Å². The number of nitrogens with zero attached hydrogens (tertiary/aromatic N) is 2. The molecule has 0 N–H and O–H groups in total. The Morgan fingerprint density at radius 2 is 2.15 bits per heavy atom. The molecular formula is C14H13BrN2O3. The fourth-order valence-corrected chi connectivity index (χ4v) is 2.09. The first-order valence-corrected chi connectivity index (χ1v) is 6.89. The van der Waals surface area contributed by atoms with Crippen LogP contribution in [0.3, 0.4) is 0 Å². The maximum Gasteiger partial charge on any atom is 0.327 e. The van der Waals surface area contributed by atoms with Crippen molar-refractivity contribution in [3.05, 3.63) is 51.2 Å². The van der Waals surface area contributed by atoms with Gasteiger partial charge in [-0.25, -0.2) is 4.68 Å². The highest BCUT2D eigenvalue weighted by molar-refractivity contribution is 9.10. The van der Waals surface area contributed by atoms with E-state index in [0.717, 1.165) is 14.7 Å². The third-order valence-corrected chi connectivity index (χ3v) is 3.06. The van der Waals surface area contributed by atoms with Gasteiger partial charge in [0, 0.05) is 16.1 Å². The van der Waals surface area contributed by atoms with Crippen molar-refractivity contribution in [3.63, 3.8) is 0 Å². The van der Waals surface area contributed by atoms with Gasteiger partial charge in [-0.3, -0.25) is 9.59 Å². The maximum atomic E-state index is 11.7. The molecule has 104 valence electrons. The number of benzene rings is 1. The van der Waals surface area contributed by atoms with E-state index in [9.17, 15) is 9.59 Å². The van der Waals surface area contributed by atoms with Crippen molar-refractivity contribution in [1.82, 2.24) is 9.78 Å². The molecule has 6 heteroatoms. The normalized spacial score (nSPS) is 10.3. The highest BCUT2D eigenvalue weighted by Crippen LogP contribution is 2.20. The molecular weight excluding hydrogens is 324 g/mol. The number of ether oxygens (including phenoxy) is 1. The number of esters is 1. The molecule has 0 aliphatic rings. The van der Waals surface area contributed by atoms with Gasteiger partial charge in [0.1, 0.15) is 6.54 Å². The van der Waals surface area contributed by atoms with Crippen LogP contribution in [0.5, 0.6) is 0 Å². The summed E-state index contributed by atoms with van der Waals surface area (Å²) in [7, 11) is 0. The van der Waals surface area contributed by atoms with Gasteiger partial charge in [0.15, 0.2) is 0 Å². The highest BCUT2D eigenvalue weighted by Gasteiger charge is 2.08. The third-order valence-electron chi connectivity index (χ3n) is 2.57. The summed E-state index contributed by atoms with van der Waals surface area (Å²) in [5.74, 6) is -0.478. The van der Waals surface area contributed by atoms with E-state index in [4.69, 9.17) is 4.74 Å². The third kappa shape index (κ3) is 3.54. The fraction of sp³-hybridized carbons (Fsp3) is 0.214. The molecule has 5 nitrogen and oxygen atoms in total. The van der Waals surface area contributed by atoms with Crippen LogP contribution in [0.25, 0.3) is 11.3 Å². The Morgan fingerprint density at radius 3 is 2.85 bits per heavy atom. The maximum absolute atomic E-state index is 11.7. The van der Waals surface area contributed by atoms with Gasteiger partial charge in [-0.05, 0) is 25.1 Å². The van der Waals surface area contributed by atoms with Gasteiger partial charge in [-0.1, -0.05) is 28.1 Å². The molecule has 0 bridgehead atoms. The average molecular weight is 337 g/mol. The van der Waals surface area contributed by atoms with Crippen LogP contribution in [-0.2, 0) is 16.1 Å². The molecule has 0 spiro atoms. The minimum absolute atomic E-state index is 0.186. The molecule has 0 unspecified atom stereocenters. The molecule has 1 aromatic carbocycles. The molecule has 0 atom stereocenters. The highest BCUT2D eigenvalue weighted by atomic mass is 79.9. The molecule has 0 amide bonds. The van der Waals surface area contributed by atoms with Crippen molar-refractivity contribution >= 4 is 21.9 Å². The van der Waals surface area contributed by atoms with E-state index in [2.05, 4.69) is 21.0 Å². The number of rotatable bonds is 4. The number of halogens is 1. The Balaban J connectivity index is 2.33. The van der Waals surface area contributed by atoms with Gasteiger partial charge in [-0.2, -0.15) is 5.10 Å². The number of aromatic nitrogens is 2. The summed E-state index contributed by atoms with van der Waals surface area (Å²) in [5, 5.41) is 4.19. The SMILES string of the molecule is CCOC(=O)Cn1nc(-c2cccc(Br)c2)ccc1=O. The van der Waals surface area contributed by atoms with Crippen LogP contribution >= 0.6 is 15.9 Å². The number of carbonyl (C=O) groups excluding carboxylic acids is 1. The zero-order chi connectivity index (χ0) is 14.5. The first kappa shape index (κ1) is 14.5. The number of carbonyl (C=O) groups is 1. The van der Waals surface area contributed by atoms with Gasteiger partial charge in [-0.15, -0.1) is 0 Å². The van der Waals surface area contributed by atoms with Crippen LogP contribution in [0.1, 0.15) is 6.92 Å². The number of hydrogen-bond donors (Lipinski definition) is 0. The zero-order valence-corrected chi connectivity index (χ0v) is 12.5. The van der Waals surface area contributed by atoms with E-state index >= 15 is 0 Å². The first-order valence-electron chi connectivity index (χ1n) is 6.10. The summed E-state index contributed by atoms with van der Waals surface area (Å²) < 4.78 is 6.84. The summed E-state index contributed by atoms with van der Waals surface area (Å²) in [5.41, 5.74) is 1.14. The fourth-order valence-electron chi connectivity index (χ4n) is 1.69. The summed E-state index contributed by atoms with van der Waals surface area (Å²) >= 11 is 3.38. The Morgan fingerprint density at radius 1 is 1.35 bits per heavy atom. The van der Waals surface area contributed by atoms with Gasteiger partial charge < -0.3 is 4.74 Å². The minimum atomic E-state index is -0.478. The number of hydrogen-bond acceptors (Lipinski definition) is 4. The molecule has 0 saturated carbocycles. The van der Waals surface area contributed by atoms with Gasteiger partial charge >= 0.3 is 5.97 Å². The molecule has 1 heterocycles. The van der Waals surface area contributed by atoms with Crippen molar-refractivity contribution in [2.24, 2.45) is 0 Å². The summed E-state index contributed by atoms with van der Waals surface area (Å²) in [4.78, 5) is 23.1. The molecule has 0 aliphatic carbocycles. The predicted octanol–water partition coefficient (Wildman–Crippen LogP) is 2.24. The van der Waals surface area contributed by atoms with Crippen molar-refractivity contribution in [2.75, 3.05) is 6.61 Å². The molecule has 0 radical (unpaired) electrons. The lowest BCUT2D eigenvalue weighted by atomic mass is 10.1. The first-order chi connectivity index (χ1) is 9.60. The smallest absolute Gasteiger partial charge is 0.327 e. The Hall–Kier alpha value is -1.95. The van der Waals surface area contributed by atoms with Crippen LogP contribution in [0.2, 0.25) is 0 Å². The largest absolute Gasteiger partial charge is 0.465 e. The Bertz CT molecular complexity index is 682. The summed E-state index contributed by atoms with van der Waals surface area (Å²) in [6.07, 6.45) is 0. The Labute approximate surface area is 124 Å². The lowest BCUT2D eigenvalue weighted by Crippen LogP contribution is -2.27. The van der Waals surface area contributed by atoms with Gasteiger partial charge in [0.05, 0.1) is 12.3 Å². The predicted molar refractivity (Wildman–Crippen MR) is 78.3 cm³/mol. The van der Waals surface area contributed by atoms with Crippen LogP contribution in [0.15, 0.2) is 45.7 Å². The van der Waals surface area contributed by atoms with E-state index < -0.39 is 5.97 Å². The van der Waals surface area contributed by atoms with E-state index in [1.165, 1.54) is 6.07 Å². The summed E-state index contributed by atoms with van der Waals surface area (Å²) in [6, 6.07) is 10.6. The zero-order valence-electron chi connectivity index (χ0n) is 10.9. The second kappa shape index (κ2) is 6.47. The van der Waals surface area contributed by atoms with E-state index in [-0.39, 0.29) is 18.7 Å². The molecule has 0 saturated heterocycles. The Kier molecular flexibility index (Phi) is 4.68. The van der Waals surface area contributed by atoms with E-state index in [1.807, 2.05) is 24.3 Å².